The van der Waals surface area contributed by atoms with Crippen molar-refractivity contribution in [1.29, 1.82) is 0 Å². The van der Waals surface area contributed by atoms with Crippen molar-refractivity contribution < 1.29 is 14.6 Å². The van der Waals surface area contributed by atoms with Gasteiger partial charge in [-0.2, -0.15) is 4.98 Å². The summed E-state index contributed by atoms with van der Waals surface area (Å²) in [6.07, 6.45) is -0.579. The second kappa shape index (κ2) is 7.81. The first kappa shape index (κ1) is 15.5. The first-order chi connectivity index (χ1) is 9.02. The lowest BCUT2D eigenvalue weighted by Crippen LogP contribution is -2.24. The average molecular weight is 269 g/mol. The van der Waals surface area contributed by atoms with Crippen LogP contribution in [0.25, 0.3) is 0 Å². The van der Waals surface area contributed by atoms with Crippen molar-refractivity contribution in [2.75, 3.05) is 37.9 Å². The fourth-order valence-corrected chi connectivity index (χ4v) is 1.38. The third kappa shape index (κ3) is 5.76. The van der Waals surface area contributed by atoms with E-state index in [9.17, 15) is 5.11 Å². The molecule has 0 aliphatic heterocycles. The van der Waals surface area contributed by atoms with E-state index in [2.05, 4.69) is 24.1 Å². The number of nitrogen functional groups attached to an aromatic ring is 1. The van der Waals surface area contributed by atoms with E-state index < -0.39 is 6.10 Å². The largest absolute Gasteiger partial charge is 0.476 e. The van der Waals surface area contributed by atoms with Crippen molar-refractivity contribution in [2.45, 2.75) is 20.0 Å². The lowest BCUT2D eigenvalue weighted by Gasteiger charge is -2.14. The highest BCUT2D eigenvalue weighted by molar-refractivity contribution is 5.53. The maximum atomic E-state index is 9.54. The van der Waals surface area contributed by atoms with Crippen LogP contribution in [0.2, 0.25) is 0 Å². The summed E-state index contributed by atoms with van der Waals surface area (Å²) in [5, 5.41) is 12.5. The van der Waals surface area contributed by atoms with E-state index in [1.54, 1.807) is 19.2 Å². The molecule has 19 heavy (non-hydrogen) atoms. The number of hydrogen-bond donors (Lipinski definition) is 3. The predicted octanol–water partition coefficient (Wildman–Crippen LogP) is 1.12. The molecular formula is C13H23N3O3. The Balaban J connectivity index is 2.57. The monoisotopic (exact) mass is 269 g/mol. The first-order valence-corrected chi connectivity index (χ1v) is 6.33. The lowest BCUT2D eigenvalue weighted by atomic mass is 10.2. The summed E-state index contributed by atoms with van der Waals surface area (Å²) in [5.41, 5.74) is 6.30. The van der Waals surface area contributed by atoms with Gasteiger partial charge >= 0.3 is 0 Å². The number of aliphatic hydroxyl groups excluding tert-OH is 1. The molecule has 1 atom stereocenters. The van der Waals surface area contributed by atoms with Gasteiger partial charge in [0.25, 0.3) is 0 Å². The molecule has 0 spiro atoms. The molecule has 4 N–H and O–H groups in total. The van der Waals surface area contributed by atoms with Crippen LogP contribution in [0.5, 0.6) is 5.88 Å². The molecule has 1 aromatic heterocycles. The molecule has 1 unspecified atom stereocenters. The van der Waals surface area contributed by atoms with Crippen molar-refractivity contribution in [3.05, 3.63) is 12.1 Å². The van der Waals surface area contributed by atoms with Crippen LogP contribution in [0, 0.1) is 5.92 Å². The lowest BCUT2D eigenvalue weighted by molar-refractivity contribution is 0.0727. The number of nitrogens with zero attached hydrogens (tertiary/aromatic N) is 1. The van der Waals surface area contributed by atoms with Crippen LogP contribution in [0.4, 0.5) is 11.5 Å². The van der Waals surface area contributed by atoms with Crippen LogP contribution in [-0.4, -0.2) is 43.1 Å². The van der Waals surface area contributed by atoms with Gasteiger partial charge in [0.15, 0.2) is 0 Å². The predicted molar refractivity (Wildman–Crippen MR) is 75.4 cm³/mol. The Morgan fingerprint density at radius 3 is 2.74 bits per heavy atom. The zero-order valence-corrected chi connectivity index (χ0v) is 11.7. The van der Waals surface area contributed by atoms with Crippen LogP contribution in [0.3, 0.4) is 0 Å². The average Bonchev–Trinajstić information content (AvgIpc) is 2.36. The summed E-state index contributed by atoms with van der Waals surface area (Å²) in [7, 11) is 1.54. The molecule has 0 fully saturated rings. The molecular weight excluding hydrogens is 246 g/mol. The number of ether oxygens (including phenoxy) is 2. The van der Waals surface area contributed by atoms with Crippen LogP contribution in [0.1, 0.15) is 13.8 Å². The molecule has 6 nitrogen and oxygen atoms in total. The topological polar surface area (TPSA) is 89.6 Å². The summed E-state index contributed by atoms with van der Waals surface area (Å²) in [5.74, 6) is 1.43. The molecule has 0 amide bonds. The van der Waals surface area contributed by atoms with Gasteiger partial charge in [-0.15, -0.1) is 0 Å². The second-order valence-corrected chi connectivity index (χ2v) is 4.79. The number of hydrogen-bond acceptors (Lipinski definition) is 6. The molecule has 6 heteroatoms. The zero-order valence-electron chi connectivity index (χ0n) is 11.7. The highest BCUT2D eigenvalue weighted by Gasteiger charge is 2.07. The number of rotatable bonds is 8. The summed E-state index contributed by atoms with van der Waals surface area (Å²) in [6, 6.07) is 3.48. The Labute approximate surface area is 113 Å². The maximum Gasteiger partial charge on any atom is 0.239 e. The van der Waals surface area contributed by atoms with Crippen molar-refractivity contribution in [2.24, 2.45) is 5.92 Å². The number of aromatic nitrogens is 1. The molecule has 0 bridgehead atoms. The van der Waals surface area contributed by atoms with E-state index >= 15 is 0 Å². The molecule has 1 heterocycles. The standard InChI is InChI=1S/C13H23N3O3/c1-9(2)7-19-13-11(14)4-5-12(16-13)15-6-10(17)8-18-3/h4-5,9-10,17H,6-8,14H2,1-3H3,(H,15,16). The molecule has 1 rings (SSSR count). The summed E-state index contributed by atoms with van der Waals surface area (Å²) in [6.45, 7) is 5.30. The number of aliphatic hydroxyl groups is 1. The number of nitrogens with two attached hydrogens (primary N) is 1. The SMILES string of the molecule is COCC(O)CNc1ccc(N)c(OCC(C)C)n1. The summed E-state index contributed by atoms with van der Waals surface area (Å²) >= 11 is 0. The maximum absolute atomic E-state index is 9.54. The van der Waals surface area contributed by atoms with E-state index in [0.717, 1.165) is 0 Å². The minimum Gasteiger partial charge on any atom is -0.476 e. The number of methoxy groups -OCH3 is 1. The van der Waals surface area contributed by atoms with E-state index in [1.807, 2.05) is 0 Å². The second-order valence-electron chi connectivity index (χ2n) is 4.79. The molecule has 0 saturated heterocycles. The van der Waals surface area contributed by atoms with Crippen molar-refractivity contribution in [1.82, 2.24) is 4.98 Å². The van der Waals surface area contributed by atoms with Gasteiger partial charge in [0.1, 0.15) is 5.82 Å². The van der Waals surface area contributed by atoms with Crippen LogP contribution in [-0.2, 0) is 4.74 Å². The molecule has 0 aromatic carbocycles. The Hall–Kier alpha value is -1.53. The van der Waals surface area contributed by atoms with Crippen molar-refractivity contribution >= 4 is 11.5 Å². The molecule has 0 radical (unpaired) electrons. The highest BCUT2D eigenvalue weighted by atomic mass is 16.5. The minimum atomic E-state index is -0.579. The van der Waals surface area contributed by atoms with Gasteiger partial charge < -0.3 is 25.6 Å². The van der Waals surface area contributed by atoms with E-state index in [4.69, 9.17) is 15.2 Å². The Morgan fingerprint density at radius 2 is 2.11 bits per heavy atom. The zero-order chi connectivity index (χ0) is 14.3. The molecule has 108 valence electrons. The number of anilines is 2. The van der Waals surface area contributed by atoms with Crippen LogP contribution < -0.4 is 15.8 Å². The van der Waals surface area contributed by atoms with E-state index in [1.165, 1.54) is 0 Å². The van der Waals surface area contributed by atoms with Gasteiger partial charge in [-0.1, -0.05) is 13.8 Å². The fraction of sp³-hybridized carbons (Fsp3) is 0.615. The normalized spacial score (nSPS) is 12.5. The van der Waals surface area contributed by atoms with E-state index in [-0.39, 0.29) is 6.61 Å². The first-order valence-electron chi connectivity index (χ1n) is 6.33. The van der Waals surface area contributed by atoms with Gasteiger partial charge in [0, 0.05) is 13.7 Å². The summed E-state index contributed by atoms with van der Waals surface area (Å²) < 4.78 is 10.4. The molecule has 0 saturated carbocycles. The van der Waals surface area contributed by atoms with Gasteiger partial charge in [0.2, 0.25) is 5.88 Å². The van der Waals surface area contributed by atoms with Gasteiger partial charge in [-0.3, -0.25) is 0 Å². The third-order valence-electron chi connectivity index (χ3n) is 2.32. The van der Waals surface area contributed by atoms with E-state index in [0.29, 0.717) is 36.5 Å². The van der Waals surface area contributed by atoms with Gasteiger partial charge in [-0.25, -0.2) is 0 Å². The Kier molecular flexibility index (Phi) is 6.38. The smallest absolute Gasteiger partial charge is 0.239 e. The molecule has 1 aromatic rings. The van der Waals surface area contributed by atoms with Crippen molar-refractivity contribution in [3.8, 4) is 5.88 Å². The Bertz CT molecular complexity index is 385. The molecule has 0 aliphatic rings. The Morgan fingerprint density at radius 1 is 1.37 bits per heavy atom. The van der Waals surface area contributed by atoms with Crippen LogP contribution in [0.15, 0.2) is 12.1 Å². The van der Waals surface area contributed by atoms with Gasteiger partial charge in [-0.05, 0) is 18.1 Å². The number of pyridine rings is 1. The fourth-order valence-electron chi connectivity index (χ4n) is 1.38. The molecule has 0 aliphatic carbocycles. The summed E-state index contributed by atoms with van der Waals surface area (Å²) in [4.78, 5) is 4.27. The van der Waals surface area contributed by atoms with Crippen molar-refractivity contribution in [3.63, 3.8) is 0 Å². The van der Waals surface area contributed by atoms with Crippen LogP contribution >= 0.6 is 0 Å². The quantitative estimate of drug-likeness (QED) is 0.655. The number of nitrogens with one attached hydrogen (secondary N) is 1. The minimum absolute atomic E-state index is 0.276. The third-order valence-corrected chi connectivity index (χ3v) is 2.32. The highest BCUT2D eigenvalue weighted by Crippen LogP contribution is 2.21. The van der Waals surface area contributed by atoms with Gasteiger partial charge in [0.05, 0.1) is 25.0 Å².